The number of carbonyl (C=O) groups excluding carboxylic acids is 1. The highest BCUT2D eigenvalue weighted by molar-refractivity contribution is 6.42. The van der Waals surface area contributed by atoms with E-state index >= 15 is 0 Å². The lowest BCUT2D eigenvalue weighted by atomic mass is 9.85. The van der Waals surface area contributed by atoms with Gasteiger partial charge < -0.3 is 0 Å². The Morgan fingerprint density at radius 2 is 1.82 bits per heavy atom. The lowest BCUT2D eigenvalue weighted by molar-refractivity contribution is -0.111. The van der Waals surface area contributed by atoms with Crippen LogP contribution in [0.25, 0.3) is 5.57 Å². The van der Waals surface area contributed by atoms with E-state index in [-0.39, 0.29) is 5.78 Å². The van der Waals surface area contributed by atoms with E-state index in [9.17, 15) is 4.79 Å². The van der Waals surface area contributed by atoms with E-state index in [0.717, 1.165) is 46.5 Å². The summed E-state index contributed by atoms with van der Waals surface area (Å²) in [5, 5.41) is 0. The first kappa shape index (κ1) is 15.0. The molecule has 0 unspecified atom stereocenters. The number of rotatable bonds is 6. The minimum absolute atomic E-state index is 0.147. The molecule has 1 aliphatic carbocycles. The van der Waals surface area contributed by atoms with Crippen molar-refractivity contribution in [1.82, 2.24) is 0 Å². The zero-order valence-corrected chi connectivity index (χ0v) is 13.5. The fraction of sp³-hybridized carbons (Fsp3) is 0.400. The van der Waals surface area contributed by atoms with Crippen LogP contribution >= 0.6 is 0 Å². The van der Waals surface area contributed by atoms with Crippen LogP contribution in [0.3, 0.4) is 0 Å². The van der Waals surface area contributed by atoms with Gasteiger partial charge in [-0.3, -0.25) is 4.79 Å². The van der Waals surface area contributed by atoms with Crippen LogP contribution in [0.4, 0.5) is 5.69 Å². The maximum absolute atomic E-state index is 12.3. The van der Waals surface area contributed by atoms with Crippen LogP contribution < -0.4 is 0 Å². The van der Waals surface area contributed by atoms with Crippen molar-refractivity contribution in [1.29, 1.82) is 0 Å². The quantitative estimate of drug-likeness (QED) is 0.509. The average molecular weight is 293 g/mol. The highest BCUT2D eigenvalue weighted by Gasteiger charge is 2.29. The Morgan fingerprint density at radius 3 is 2.64 bits per heavy atom. The van der Waals surface area contributed by atoms with E-state index in [1.54, 1.807) is 6.08 Å². The predicted molar refractivity (Wildman–Crippen MR) is 92.6 cm³/mol. The summed E-state index contributed by atoms with van der Waals surface area (Å²) < 4.78 is 0. The van der Waals surface area contributed by atoms with Gasteiger partial charge in [-0.1, -0.05) is 50.8 Å². The number of allylic oxidation sites excluding steroid dienone is 4. The van der Waals surface area contributed by atoms with Crippen LogP contribution in [0.1, 0.15) is 57.9 Å². The standard InChI is InChI=1S/C20H23NO/c1-3-4-5-6-7-10-15-14(2)19(22)13-17-16-11-8-9-12-18(16)21-20(15)17/h8-9,11-13H,3-7,10H2,1-2H3. The number of para-hydroxylation sites is 1. The summed E-state index contributed by atoms with van der Waals surface area (Å²) in [6.07, 6.45) is 8.95. The molecule has 0 amide bonds. The first-order valence-corrected chi connectivity index (χ1v) is 8.37. The number of unbranched alkanes of at least 4 members (excludes halogenated alkanes) is 4. The van der Waals surface area contributed by atoms with Gasteiger partial charge in [0.05, 0.1) is 11.4 Å². The molecule has 0 bridgehead atoms. The molecular formula is C20H23NO. The van der Waals surface area contributed by atoms with Gasteiger partial charge in [0.15, 0.2) is 5.78 Å². The molecular weight excluding hydrogens is 270 g/mol. The number of ketones is 1. The molecule has 2 nitrogen and oxygen atoms in total. The maximum Gasteiger partial charge on any atom is 0.182 e. The van der Waals surface area contributed by atoms with E-state index < -0.39 is 0 Å². The second kappa shape index (κ2) is 6.43. The third-order valence-corrected chi connectivity index (χ3v) is 4.60. The number of hydrogen-bond donors (Lipinski definition) is 0. The van der Waals surface area contributed by atoms with Crippen molar-refractivity contribution in [2.75, 3.05) is 0 Å². The summed E-state index contributed by atoms with van der Waals surface area (Å²) in [4.78, 5) is 17.1. The fourth-order valence-corrected chi connectivity index (χ4v) is 3.26. The molecule has 3 rings (SSSR count). The molecule has 1 heterocycles. The molecule has 0 saturated heterocycles. The van der Waals surface area contributed by atoms with Gasteiger partial charge in [-0.25, -0.2) is 4.99 Å². The fourth-order valence-electron chi connectivity index (χ4n) is 3.26. The van der Waals surface area contributed by atoms with Crippen LogP contribution in [0.5, 0.6) is 0 Å². The first-order chi connectivity index (χ1) is 10.7. The second-order valence-corrected chi connectivity index (χ2v) is 6.17. The molecule has 0 N–H and O–H groups in total. The molecule has 2 aliphatic rings. The molecule has 0 aromatic heterocycles. The van der Waals surface area contributed by atoms with Crippen molar-refractivity contribution in [3.05, 3.63) is 47.1 Å². The van der Waals surface area contributed by atoms with Gasteiger partial charge in [-0.15, -0.1) is 0 Å². The van der Waals surface area contributed by atoms with Gasteiger partial charge in [-0.2, -0.15) is 0 Å². The van der Waals surface area contributed by atoms with E-state index in [1.165, 1.54) is 25.7 Å². The van der Waals surface area contributed by atoms with E-state index in [1.807, 2.05) is 25.1 Å². The Kier molecular flexibility index (Phi) is 4.37. The Bertz CT molecular complexity index is 691. The normalized spacial score (nSPS) is 16.4. The van der Waals surface area contributed by atoms with Crippen molar-refractivity contribution >= 4 is 22.8 Å². The van der Waals surface area contributed by atoms with E-state index in [4.69, 9.17) is 4.99 Å². The van der Waals surface area contributed by atoms with Crippen molar-refractivity contribution < 1.29 is 4.79 Å². The number of fused-ring (bicyclic) bond motifs is 3. The van der Waals surface area contributed by atoms with Gasteiger partial charge in [0.2, 0.25) is 0 Å². The number of hydrogen-bond acceptors (Lipinski definition) is 2. The number of aliphatic imine (C=N–C) groups is 1. The number of nitrogens with zero attached hydrogens (tertiary/aromatic N) is 1. The largest absolute Gasteiger partial charge is 0.290 e. The summed E-state index contributed by atoms with van der Waals surface area (Å²) in [6.45, 7) is 4.18. The maximum atomic E-state index is 12.3. The summed E-state index contributed by atoms with van der Waals surface area (Å²) in [5.41, 5.74) is 6.20. The van der Waals surface area contributed by atoms with Gasteiger partial charge in [0, 0.05) is 16.7 Å². The zero-order chi connectivity index (χ0) is 15.5. The van der Waals surface area contributed by atoms with Crippen LogP contribution in [0, 0.1) is 0 Å². The van der Waals surface area contributed by atoms with Gasteiger partial charge in [0.25, 0.3) is 0 Å². The Balaban J connectivity index is 1.81. The molecule has 0 radical (unpaired) electrons. The second-order valence-electron chi connectivity index (χ2n) is 6.17. The van der Waals surface area contributed by atoms with Crippen LogP contribution in [-0.2, 0) is 4.79 Å². The monoisotopic (exact) mass is 293 g/mol. The topological polar surface area (TPSA) is 29.4 Å². The van der Waals surface area contributed by atoms with Gasteiger partial charge in [-0.05, 0) is 37.5 Å². The van der Waals surface area contributed by atoms with Crippen molar-refractivity contribution in [3.8, 4) is 0 Å². The summed E-state index contributed by atoms with van der Waals surface area (Å²) in [7, 11) is 0. The lowest BCUT2D eigenvalue weighted by Crippen LogP contribution is -2.15. The molecule has 1 aliphatic heterocycles. The summed E-state index contributed by atoms with van der Waals surface area (Å²) in [5.74, 6) is 0.147. The number of carbonyl (C=O) groups is 1. The highest BCUT2D eigenvalue weighted by Crippen LogP contribution is 2.40. The molecule has 114 valence electrons. The minimum Gasteiger partial charge on any atom is -0.290 e. The van der Waals surface area contributed by atoms with Crippen LogP contribution in [-0.4, -0.2) is 11.5 Å². The van der Waals surface area contributed by atoms with E-state index in [2.05, 4.69) is 13.0 Å². The third kappa shape index (κ3) is 2.70. The highest BCUT2D eigenvalue weighted by atomic mass is 16.1. The number of benzene rings is 1. The van der Waals surface area contributed by atoms with Crippen molar-refractivity contribution in [2.45, 2.75) is 52.4 Å². The SMILES string of the molecule is CCCCCCCC1=C(C)C(=O)C=C2C1=Nc1ccccc12. The molecule has 1 aromatic carbocycles. The van der Waals surface area contributed by atoms with Gasteiger partial charge in [0.1, 0.15) is 0 Å². The third-order valence-electron chi connectivity index (χ3n) is 4.60. The van der Waals surface area contributed by atoms with Gasteiger partial charge >= 0.3 is 0 Å². The van der Waals surface area contributed by atoms with Crippen LogP contribution in [0.15, 0.2) is 46.5 Å². The molecule has 22 heavy (non-hydrogen) atoms. The smallest absolute Gasteiger partial charge is 0.182 e. The van der Waals surface area contributed by atoms with E-state index in [0.29, 0.717) is 0 Å². The average Bonchev–Trinajstić information content (AvgIpc) is 2.89. The molecule has 1 aromatic rings. The lowest BCUT2D eigenvalue weighted by Gasteiger charge is -2.17. The Hall–Kier alpha value is -1.96. The minimum atomic E-state index is 0.147. The Labute approximate surface area is 132 Å². The molecule has 2 heteroatoms. The first-order valence-electron chi connectivity index (χ1n) is 8.37. The molecule has 0 spiro atoms. The molecule has 0 saturated carbocycles. The van der Waals surface area contributed by atoms with Crippen molar-refractivity contribution in [2.24, 2.45) is 4.99 Å². The Morgan fingerprint density at radius 1 is 1.05 bits per heavy atom. The van der Waals surface area contributed by atoms with Crippen molar-refractivity contribution in [3.63, 3.8) is 0 Å². The van der Waals surface area contributed by atoms with Crippen LogP contribution in [0.2, 0.25) is 0 Å². The summed E-state index contributed by atoms with van der Waals surface area (Å²) >= 11 is 0. The predicted octanol–water partition coefficient (Wildman–Crippen LogP) is 5.42. The molecule has 0 fully saturated rings. The summed E-state index contributed by atoms with van der Waals surface area (Å²) in [6, 6.07) is 8.10. The zero-order valence-electron chi connectivity index (χ0n) is 13.5. The molecule has 0 atom stereocenters.